The highest BCUT2D eigenvalue weighted by molar-refractivity contribution is 5.81. The molecular weight excluding hydrogens is 242 g/mol. The predicted octanol–water partition coefficient (Wildman–Crippen LogP) is 1.46. The lowest BCUT2D eigenvalue weighted by atomic mass is 10.1. The topological polar surface area (TPSA) is 86.7 Å². The molecule has 0 aliphatic heterocycles. The molecule has 0 unspecified atom stereocenters. The van der Waals surface area contributed by atoms with Crippen molar-refractivity contribution in [3.8, 4) is 0 Å². The first kappa shape index (κ1) is 11.6. The summed E-state index contributed by atoms with van der Waals surface area (Å²) in [6, 6.07) is 7.76. The smallest absolute Gasteiger partial charge is 0.182 e. The number of hydrogen-bond donors (Lipinski definition) is 3. The second kappa shape index (κ2) is 5.03. The zero-order chi connectivity index (χ0) is 13.1. The molecule has 0 fully saturated rings. The van der Waals surface area contributed by atoms with Crippen molar-refractivity contribution in [3.63, 3.8) is 0 Å². The van der Waals surface area contributed by atoms with Crippen LogP contribution in [-0.2, 0) is 13.2 Å². The van der Waals surface area contributed by atoms with Crippen LogP contribution in [0.1, 0.15) is 11.1 Å². The minimum Gasteiger partial charge on any atom is -0.392 e. The number of nitrogens with one attached hydrogen (secondary N) is 2. The summed E-state index contributed by atoms with van der Waals surface area (Å²) in [4.78, 5) is 15.3. The van der Waals surface area contributed by atoms with Crippen molar-refractivity contribution in [1.29, 1.82) is 0 Å². The van der Waals surface area contributed by atoms with E-state index in [1.165, 1.54) is 6.33 Å². The third kappa shape index (κ3) is 2.38. The molecule has 0 saturated carbocycles. The van der Waals surface area contributed by atoms with E-state index in [2.05, 4.69) is 25.3 Å². The van der Waals surface area contributed by atoms with Crippen LogP contribution in [0.15, 0.2) is 36.9 Å². The number of imidazole rings is 1. The number of hydrogen-bond acceptors (Lipinski definition) is 5. The van der Waals surface area contributed by atoms with Crippen LogP contribution in [0.3, 0.4) is 0 Å². The summed E-state index contributed by atoms with van der Waals surface area (Å²) < 4.78 is 0. The number of aromatic amines is 1. The van der Waals surface area contributed by atoms with Crippen molar-refractivity contribution in [2.24, 2.45) is 0 Å². The second-order valence-electron chi connectivity index (χ2n) is 4.15. The summed E-state index contributed by atoms with van der Waals surface area (Å²) in [6.45, 7) is 0.714. The Kier molecular flexibility index (Phi) is 3.07. The van der Waals surface area contributed by atoms with E-state index in [0.29, 0.717) is 12.2 Å². The summed E-state index contributed by atoms with van der Waals surface area (Å²) in [6.07, 6.45) is 3.08. The molecule has 0 atom stereocenters. The van der Waals surface area contributed by atoms with Gasteiger partial charge in [-0.3, -0.25) is 0 Å². The maximum Gasteiger partial charge on any atom is 0.182 e. The van der Waals surface area contributed by atoms with Crippen molar-refractivity contribution in [1.82, 2.24) is 19.9 Å². The Morgan fingerprint density at radius 3 is 2.63 bits per heavy atom. The fourth-order valence-electron chi connectivity index (χ4n) is 1.85. The molecule has 96 valence electrons. The Balaban J connectivity index is 1.76. The Hall–Kier alpha value is -2.47. The molecule has 0 aliphatic carbocycles. The quantitative estimate of drug-likeness (QED) is 0.657. The largest absolute Gasteiger partial charge is 0.392 e. The first-order chi connectivity index (χ1) is 9.36. The first-order valence-electron chi connectivity index (χ1n) is 5.93. The van der Waals surface area contributed by atoms with Gasteiger partial charge in [-0.15, -0.1) is 0 Å². The number of aliphatic hydroxyl groups is 1. The van der Waals surface area contributed by atoms with E-state index in [9.17, 15) is 0 Å². The molecule has 2 heterocycles. The van der Waals surface area contributed by atoms with Gasteiger partial charge in [0, 0.05) is 6.54 Å². The number of aromatic nitrogens is 4. The number of fused-ring (bicyclic) bond motifs is 1. The Morgan fingerprint density at radius 1 is 1.05 bits per heavy atom. The van der Waals surface area contributed by atoms with Crippen LogP contribution >= 0.6 is 0 Å². The molecule has 0 saturated heterocycles. The lowest BCUT2D eigenvalue weighted by molar-refractivity contribution is 0.282. The zero-order valence-electron chi connectivity index (χ0n) is 10.2. The van der Waals surface area contributed by atoms with Gasteiger partial charge in [0.05, 0.1) is 12.9 Å². The first-order valence-corrected chi connectivity index (χ1v) is 5.93. The maximum atomic E-state index is 8.99. The van der Waals surface area contributed by atoms with E-state index in [1.807, 2.05) is 24.3 Å². The van der Waals surface area contributed by atoms with Gasteiger partial charge in [-0.05, 0) is 11.1 Å². The van der Waals surface area contributed by atoms with Crippen LogP contribution in [-0.4, -0.2) is 25.0 Å². The van der Waals surface area contributed by atoms with Crippen LogP contribution in [0.25, 0.3) is 11.2 Å². The SMILES string of the molecule is OCc1ccc(CNc2ncnc3nc[nH]c23)cc1. The summed E-state index contributed by atoms with van der Waals surface area (Å²) in [7, 11) is 0. The second-order valence-corrected chi connectivity index (χ2v) is 4.15. The molecular formula is C13H13N5O. The molecule has 3 rings (SSSR count). The molecule has 3 aromatic rings. The van der Waals surface area contributed by atoms with E-state index in [0.717, 1.165) is 22.5 Å². The lowest BCUT2D eigenvalue weighted by Gasteiger charge is -2.06. The average molecular weight is 255 g/mol. The molecule has 6 nitrogen and oxygen atoms in total. The van der Waals surface area contributed by atoms with Gasteiger partial charge >= 0.3 is 0 Å². The number of anilines is 1. The van der Waals surface area contributed by atoms with Crippen LogP contribution in [0.2, 0.25) is 0 Å². The van der Waals surface area contributed by atoms with Gasteiger partial charge in [-0.2, -0.15) is 0 Å². The Labute approximate surface area is 109 Å². The third-order valence-corrected chi connectivity index (χ3v) is 2.89. The summed E-state index contributed by atoms with van der Waals surface area (Å²) in [5, 5.41) is 12.2. The fourth-order valence-corrected chi connectivity index (χ4v) is 1.85. The average Bonchev–Trinajstić information content (AvgIpc) is 2.94. The van der Waals surface area contributed by atoms with Gasteiger partial charge in [0.2, 0.25) is 0 Å². The normalized spacial score (nSPS) is 10.8. The molecule has 3 N–H and O–H groups in total. The van der Waals surface area contributed by atoms with Gasteiger partial charge in [0.25, 0.3) is 0 Å². The van der Waals surface area contributed by atoms with Crippen LogP contribution in [0.5, 0.6) is 0 Å². The number of rotatable bonds is 4. The molecule has 6 heteroatoms. The van der Waals surface area contributed by atoms with Gasteiger partial charge in [-0.25, -0.2) is 15.0 Å². The summed E-state index contributed by atoms with van der Waals surface area (Å²) in [5.74, 6) is 0.730. The van der Waals surface area contributed by atoms with Crippen LogP contribution in [0, 0.1) is 0 Å². The monoisotopic (exact) mass is 255 g/mol. The number of benzene rings is 1. The molecule has 0 aliphatic rings. The molecule has 2 aromatic heterocycles. The van der Waals surface area contributed by atoms with Crippen LogP contribution < -0.4 is 5.32 Å². The lowest BCUT2D eigenvalue weighted by Crippen LogP contribution is -2.02. The molecule has 0 spiro atoms. The zero-order valence-corrected chi connectivity index (χ0v) is 10.2. The van der Waals surface area contributed by atoms with E-state index in [4.69, 9.17) is 5.11 Å². The van der Waals surface area contributed by atoms with Crippen molar-refractivity contribution in [2.45, 2.75) is 13.2 Å². The van der Waals surface area contributed by atoms with E-state index >= 15 is 0 Å². The number of nitrogens with zero attached hydrogens (tertiary/aromatic N) is 3. The van der Waals surface area contributed by atoms with Crippen molar-refractivity contribution < 1.29 is 5.11 Å². The number of aliphatic hydroxyl groups excluding tert-OH is 1. The molecule has 1 aromatic carbocycles. The third-order valence-electron chi connectivity index (χ3n) is 2.89. The van der Waals surface area contributed by atoms with Crippen molar-refractivity contribution >= 4 is 17.0 Å². The van der Waals surface area contributed by atoms with E-state index in [1.54, 1.807) is 6.33 Å². The Morgan fingerprint density at radius 2 is 1.84 bits per heavy atom. The number of H-pyrrole nitrogens is 1. The molecule has 19 heavy (non-hydrogen) atoms. The van der Waals surface area contributed by atoms with Crippen LogP contribution in [0.4, 0.5) is 5.82 Å². The van der Waals surface area contributed by atoms with Gasteiger partial charge in [0.15, 0.2) is 11.5 Å². The molecule has 0 amide bonds. The molecule has 0 radical (unpaired) electrons. The van der Waals surface area contributed by atoms with Gasteiger partial charge < -0.3 is 15.4 Å². The predicted molar refractivity (Wildman–Crippen MR) is 71.4 cm³/mol. The Bertz CT molecular complexity index is 677. The summed E-state index contributed by atoms with van der Waals surface area (Å²) >= 11 is 0. The van der Waals surface area contributed by atoms with E-state index < -0.39 is 0 Å². The van der Waals surface area contributed by atoms with Crippen molar-refractivity contribution in [2.75, 3.05) is 5.32 Å². The highest BCUT2D eigenvalue weighted by Gasteiger charge is 2.04. The van der Waals surface area contributed by atoms with Gasteiger partial charge in [-0.1, -0.05) is 24.3 Å². The standard InChI is InChI=1S/C13H13N5O/c19-6-10-3-1-9(2-4-10)5-14-12-11-13(16-7-15-11)18-8-17-12/h1-4,7-8,19H,5-6H2,(H2,14,15,16,17,18). The maximum absolute atomic E-state index is 8.99. The highest BCUT2D eigenvalue weighted by atomic mass is 16.3. The minimum atomic E-state index is 0.0639. The summed E-state index contributed by atoms with van der Waals surface area (Å²) in [5.41, 5.74) is 3.47. The van der Waals surface area contributed by atoms with E-state index in [-0.39, 0.29) is 6.61 Å². The minimum absolute atomic E-state index is 0.0639. The fraction of sp³-hybridized carbons (Fsp3) is 0.154. The van der Waals surface area contributed by atoms with Crippen molar-refractivity contribution in [3.05, 3.63) is 48.0 Å². The van der Waals surface area contributed by atoms with Gasteiger partial charge in [0.1, 0.15) is 11.8 Å². The molecule has 0 bridgehead atoms. The highest BCUT2D eigenvalue weighted by Crippen LogP contribution is 2.15.